The third-order valence-electron chi connectivity index (χ3n) is 21.3. The van der Waals surface area contributed by atoms with E-state index >= 15 is 0 Å². The molecule has 5 aromatic rings. The van der Waals surface area contributed by atoms with Gasteiger partial charge in [-0.2, -0.15) is 0 Å². The number of nitrogens with zero attached hydrogens (tertiary/aromatic N) is 7. The molecule has 0 spiro atoms. The van der Waals surface area contributed by atoms with Gasteiger partial charge < -0.3 is 103 Å². The second-order valence-electron chi connectivity index (χ2n) is 35.7. The molecule has 3 aliphatic rings. The molecule has 8 rings (SSSR count). The van der Waals surface area contributed by atoms with E-state index in [0.717, 1.165) is 20.3 Å². The maximum atomic E-state index is 14.6. The number of carbonyl (C=O) groups is 2. The molecular weight excluding hydrogens is 1860 g/mol. The number of aryl methyl sites for hydroxylation is 3. The van der Waals surface area contributed by atoms with Crippen LogP contribution in [-0.2, 0) is 148 Å². The van der Waals surface area contributed by atoms with Crippen LogP contribution in [0.25, 0.3) is 4.85 Å². The molecule has 2 aromatic carbocycles. The third-order valence-corrected chi connectivity index (χ3v) is 30.8. The Hall–Kier alpha value is -7.03. The summed E-state index contributed by atoms with van der Waals surface area (Å²) >= 11 is 0. The monoisotopic (exact) mass is 2010 g/mol. The lowest BCUT2D eigenvalue weighted by molar-refractivity contribution is -0.160. The molecule has 1 unspecified atom stereocenters. The van der Waals surface area contributed by atoms with Gasteiger partial charge in [-0.3, -0.25) is 56.4 Å². The van der Waals surface area contributed by atoms with Gasteiger partial charge in [-0.05, 0) is 163 Å². The van der Waals surface area contributed by atoms with Crippen LogP contribution in [0.5, 0.6) is 0 Å². The Morgan fingerprint density at radius 1 is 0.496 bits per heavy atom. The van der Waals surface area contributed by atoms with E-state index in [1.807, 2.05) is 107 Å². The summed E-state index contributed by atoms with van der Waals surface area (Å²) < 4.78 is 175. The molecule has 137 heavy (non-hydrogen) atoms. The van der Waals surface area contributed by atoms with Crippen LogP contribution in [0.4, 0.5) is 0 Å². The SMILES string of the molecule is COCCO[C@@H]1[C@H](C)[C@@H](/C=C/P(=O)(OC(C)C)OC(C)C)O[C@H]1n1cc(C)c(=O)n(COCc2ccccc2)c1=O.COCCO[C@@H]1[C@H](C)[C@@H]([C@@H](OC(C)=O)[C@H](C)P(=O)(OC(C)C)OC(C)C)O[C@H]1n1cc(C)c(=O)n(COCc2ccccc2)c1=O.[C-]#[N+]CCOP(O[C@@H]1[C@@H]([C@@H](OC(C)=O)[C@H](C)P(=O)(OC(C)C)OC(C)C)O[C@@H](n2cc(C)c(=O)[nH]c2=O)[C@@H]1OCCOC)N(C(C)C)C(C)C. The molecular formula is C93H148N8O32P4. The van der Waals surface area contributed by atoms with E-state index in [9.17, 15) is 52.1 Å². The first-order valence-corrected chi connectivity index (χ1v) is 52.1. The summed E-state index contributed by atoms with van der Waals surface area (Å²) in [5, 5.41) is 0. The van der Waals surface area contributed by atoms with Crippen molar-refractivity contribution in [3.8, 4) is 0 Å². The number of ether oxygens (including phenoxy) is 13. The van der Waals surface area contributed by atoms with Crippen LogP contribution in [0.15, 0.2) is 120 Å². The van der Waals surface area contributed by atoms with E-state index in [1.165, 1.54) is 73.1 Å². The fraction of sp³-hybridized carbons (Fsp3) is 0.688. The highest BCUT2D eigenvalue weighted by Crippen LogP contribution is 2.61. The van der Waals surface area contributed by atoms with Gasteiger partial charge in [0.25, 0.3) is 25.2 Å². The zero-order valence-electron chi connectivity index (χ0n) is 84.5. The van der Waals surface area contributed by atoms with Gasteiger partial charge >= 0.3 is 51.8 Å². The Balaban J connectivity index is 0.000000317. The van der Waals surface area contributed by atoms with Crippen LogP contribution in [0.3, 0.4) is 0 Å². The van der Waals surface area contributed by atoms with Crippen molar-refractivity contribution in [2.45, 2.75) is 333 Å². The molecule has 44 heteroatoms. The molecule has 0 saturated carbocycles. The van der Waals surface area contributed by atoms with E-state index < -0.39 is 192 Å². The number of methoxy groups -OCH3 is 3. The van der Waals surface area contributed by atoms with Crippen molar-refractivity contribution in [3.63, 3.8) is 0 Å². The Bertz CT molecular complexity index is 5120. The molecule has 3 aromatic heterocycles. The van der Waals surface area contributed by atoms with Crippen LogP contribution < -0.4 is 33.7 Å². The van der Waals surface area contributed by atoms with Gasteiger partial charge in [-0.1, -0.05) is 74.5 Å². The molecule has 6 heterocycles. The van der Waals surface area contributed by atoms with E-state index in [0.29, 0.717) is 12.2 Å². The Kier molecular flexibility index (Phi) is 49.1. The van der Waals surface area contributed by atoms with Gasteiger partial charge in [0.15, 0.2) is 18.7 Å². The fourth-order valence-corrected chi connectivity index (χ4v) is 23.3. The average molecular weight is 2010 g/mol. The van der Waals surface area contributed by atoms with E-state index in [4.69, 9.17) is 104 Å². The number of hydrogen-bond donors (Lipinski definition) is 1. The smallest absolute Gasteiger partial charge is 0.354 e. The quantitative estimate of drug-likeness (QED) is 0.0163. The highest BCUT2D eigenvalue weighted by atomic mass is 31.2. The normalized spacial score (nSPS) is 21.6. The zero-order chi connectivity index (χ0) is 102. The van der Waals surface area contributed by atoms with Gasteiger partial charge in [0.05, 0.1) is 107 Å². The lowest BCUT2D eigenvalue weighted by Gasteiger charge is -2.40. The summed E-state index contributed by atoms with van der Waals surface area (Å²) in [5.41, 5.74) is -2.97. The van der Waals surface area contributed by atoms with Crippen LogP contribution in [-0.4, -0.2) is 234 Å². The lowest BCUT2D eigenvalue weighted by Crippen LogP contribution is -2.49. The number of carbonyl (C=O) groups excluding carboxylic acids is 2. The highest BCUT2D eigenvalue weighted by Gasteiger charge is 2.59. The maximum Gasteiger partial charge on any atom is 0.354 e. The molecule has 0 radical (unpaired) electrons. The first-order chi connectivity index (χ1) is 64.5. The van der Waals surface area contributed by atoms with Gasteiger partial charge in [0.2, 0.25) is 6.54 Å². The van der Waals surface area contributed by atoms with Crippen molar-refractivity contribution >= 4 is 43.3 Å². The minimum Gasteiger partial charge on any atom is -0.459 e. The summed E-state index contributed by atoms with van der Waals surface area (Å²) in [5.74, 6) is -0.673. The van der Waals surface area contributed by atoms with Crippen molar-refractivity contribution in [1.29, 1.82) is 0 Å². The topological polar surface area (TPSA) is 430 Å². The minimum absolute atomic E-state index is 0.0402. The molecule has 17 atom stereocenters. The van der Waals surface area contributed by atoms with E-state index in [-0.39, 0.29) is 114 Å². The lowest BCUT2D eigenvalue weighted by atomic mass is 9.94. The number of aromatic amines is 1. The molecule has 0 bridgehead atoms. The van der Waals surface area contributed by atoms with Gasteiger partial charge in [0.1, 0.15) is 68.9 Å². The third kappa shape index (κ3) is 34.6. The highest BCUT2D eigenvalue weighted by molar-refractivity contribution is 7.57. The maximum absolute atomic E-state index is 14.6. The van der Waals surface area contributed by atoms with Crippen LogP contribution in [0, 0.1) is 39.2 Å². The first-order valence-electron chi connectivity index (χ1n) is 46.2. The van der Waals surface area contributed by atoms with Crippen molar-refractivity contribution in [1.82, 2.24) is 32.5 Å². The van der Waals surface area contributed by atoms with Gasteiger partial charge in [0, 0.05) is 100 Å². The second kappa shape index (κ2) is 56.7. The van der Waals surface area contributed by atoms with Crippen molar-refractivity contribution < 1.29 is 121 Å². The summed E-state index contributed by atoms with van der Waals surface area (Å²) in [4.78, 5) is 110. The summed E-state index contributed by atoms with van der Waals surface area (Å²) in [6, 6.07) is 18.7. The van der Waals surface area contributed by atoms with Crippen molar-refractivity contribution in [3.05, 3.63) is 193 Å². The fourth-order valence-electron chi connectivity index (χ4n) is 15.4. The van der Waals surface area contributed by atoms with Crippen LogP contribution in [0.1, 0.15) is 199 Å². The number of aromatic nitrogens is 6. The molecule has 0 aliphatic carbocycles. The number of nitrogens with one attached hydrogen (secondary N) is 1. The summed E-state index contributed by atoms with van der Waals surface area (Å²) in [7, 11) is -8.81. The first kappa shape index (κ1) is 119. The molecule has 3 saturated heterocycles. The molecule has 3 aliphatic heterocycles. The summed E-state index contributed by atoms with van der Waals surface area (Å²) in [6.07, 6.45) is -8.61. The second-order valence-corrected chi connectivity index (χ2v) is 43.5. The Morgan fingerprint density at radius 3 is 1.27 bits per heavy atom. The van der Waals surface area contributed by atoms with Crippen molar-refractivity contribution in [2.24, 2.45) is 11.8 Å². The standard InChI is InChI=1S/C32H56N4O12P2.C32H49N2O11P.C29H43N2O9P/c1-19(2)36(20(3)4)49(43-15-14-33-12)46-28-27(26(44-25(11)37)24(10)50(40,47-21(5)6)48-22(7)8)45-31(29(28)42-17-16-41-13)35-18-23(9)30(38)34-32(35)39;1-20(2)44-46(38,45-21(3)4)24(7)29(42-25(8)35)27-23(6)28(41-16-15-39-9)31(43-27)33-17-22(5)30(36)34(32(33)37)19-40-18-26-13-11-10-12-14-26;1-20(2)39-41(34,40-21(3)4)16-13-25-23(6)26(37-15-14-35-7)28(38-25)30-17-22(5)27(32)31(29(30)33)19-36-18-24-11-9-8-10-12-24/h18-22,24,26-29,31H,14-17H2,1-11,13H3,(H,34,38,39);10-14,17,20-21,23-24,27-29,31H,15-16,18-19H2,1-9H3;8-13,16-17,20-21,23,25-26,28H,14-15,18-19H2,1-7H3/b;;16-13+/t24-,26-,27+,28+,29+,31+,49?;23-,24+,27+,28-,29+,31-;23-,25-,26-,28-/m011/s1. The number of rotatable bonds is 53. The van der Waals surface area contributed by atoms with E-state index in [2.05, 4.69) is 9.83 Å². The Labute approximate surface area is 805 Å². The molecule has 40 nitrogen and oxygen atoms in total. The number of H-pyrrole nitrogens is 1. The van der Waals surface area contributed by atoms with E-state index in [1.54, 1.807) is 124 Å². The molecule has 3 fully saturated rings. The molecule has 1 N–H and O–H groups in total. The average Bonchev–Trinajstić information content (AvgIpc) is 1.53. The van der Waals surface area contributed by atoms with Crippen molar-refractivity contribution in [2.75, 3.05) is 74.1 Å². The molecule has 0 amide bonds. The predicted molar refractivity (Wildman–Crippen MR) is 513 cm³/mol. The largest absolute Gasteiger partial charge is 0.459 e. The minimum atomic E-state index is -4.04. The van der Waals surface area contributed by atoms with Crippen LogP contribution >= 0.6 is 31.3 Å². The number of benzene rings is 2. The zero-order valence-corrected chi connectivity index (χ0v) is 88.1. The summed E-state index contributed by atoms with van der Waals surface area (Å²) in [6.45, 7) is 51.6. The number of hydrogen-bond acceptors (Lipinski definition) is 33. The van der Waals surface area contributed by atoms with Crippen LogP contribution in [0.2, 0.25) is 0 Å². The Morgan fingerprint density at radius 2 is 0.876 bits per heavy atom. The predicted octanol–water partition coefficient (Wildman–Crippen LogP) is 13.8. The van der Waals surface area contributed by atoms with Gasteiger partial charge in [-0.25, -0.2) is 34.8 Å². The number of esters is 2. The molecule has 772 valence electrons. The van der Waals surface area contributed by atoms with Gasteiger partial charge in [-0.15, -0.1) is 0 Å².